The van der Waals surface area contributed by atoms with Crippen LogP contribution in [0.2, 0.25) is 0 Å². The Balaban J connectivity index is 2.88. The quantitative estimate of drug-likeness (QED) is 0.798. The lowest BCUT2D eigenvalue weighted by Crippen LogP contribution is -2.30. The number of carbonyl (C=O) groups is 1. The van der Waals surface area contributed by atoms with Gasteiger partial charge >= 0.3 is 0 Å². The summed E-state index contributed by atoms with van der Waals surface area (Å²) in [4.78, 5) is 12.1. The molecule has 0 bridgehead atoms. The summed E-state index contributed by atoms with van der Waals surface area (Å²) in [6.07, 6.45) is 0.103. The molecule has 1 rings (SSSR count). The molecule has 2 atom stereocenters. The zero-order chi connectivity index (χ0) is 13.0. The van der Waals surface area contributed by atoms with Crippen molar-refractivity contribution in [3.8, 4) is 5.75 Å². The third kappa shape index (κ3) is 3.86. The monoisotopic (exact) mass is 235 g/mol. The first-order valence-electron chi connectivity index (χ1n) is 5.98. The van der Waals surface area contributed by atoms with Crippen LogP contribution in [0.25, 0.3) is 0 Å². The van der Waals surface area contributed by atoms with E-state index in [9.17, 15) is 4.79 Å². The standard InChI is InChI=1S/C14H21NO2/c1-9(2)17-13-7-5-6-12(8-13)14(16)10(3)11(4)15/h5-11H,15H2,1-4H3. The summed E-state index contributed by atoms with van der Waals surface area (Å²) < 4.78 is 5.56. The molecular weight excluding hydrogens is 214 g/mol. The highest BCUT2D eigenvalue weighted by Gasteiger charge is 2.19. The van der Waals surface area contributed by atoms with Gasteiger partial charge in [-0.3, -0.25) is 4.79 Å². The zero-order valence-corrected chi connectivity index (χ0v) is 10.9. The van der Waals surface area contributed by atoms with Crippen LogP contribution < -0.4 is 10.5 Å². The Kier molecular flexibility index (Phi) is 4.70. The molecule has 2 N–H and O–H groups in total. The second-order valence-electron chi connectivity index (χ2n) is 4.71. The number of hydrogen-bond donors (Lipinski definition) is 1. The van der Waals surface area contributed by atoms with E-state index in [1.807, 2.05) is 39.8 Å². The molecule has 1 aromatic carbocycles. The maximum atomic E-state index is 12.1. The summed E-state index contributed by atoms with van der Waals surface area (Å²) in [6, 6.07) is 7.12. The molecular formula is C14H21NO2. The predicted octanol–water partition coefficient (Wildman–Crippen LogP) is 2.64. The lowest BCUT2D eigenvalue weighted by molar-refractivity contribution is 0.0916. The van der Waals surface area contributed by atoms with Gasteiger partial charge in [0.15, 0.2) is 5.78 Å². The largest absolute Gasteiger partial charge is 0.491 e. The Morgan fingerprint density at radius 3 is 2.41 bits per heavy atom. The molecule has 2 unspecified atom stereocenters. The Bertz CT molecular complexity index is 386. The molecule has 1 aromatic rings. The summed E-state index contributed by atoms with van der Waals surface area (Å²) in [6.45, 7) is 7.61. The van der Waals surface area contributed by atoms with Crippen LogP contribution in [0.1, 0.15) is 38.1 Å². The van der Waals surface area contributed by atoms with Crippen molar-refractivity contribution in [1.82, 2.24) is 0 Å². The van der Waals surface area contributed by atoms with Gasteiger partial charge in [-0.05, 0) is 32.9 Å². The number of carbonyl (C=O) groups excluding carboxylic acids is 1. The van der Waals surface area contributed by atoms with Gasteiger partial charge in [-0.25, -0.2) is 0 Å². The third-order valence-corrected chi connectivity index (χ3v) is 2.69. The first kappa shape index (κ1) is 13.7. The lowest BCUT2D eigenvalue weighted by atomic mass is 9.94. The van der Waals surface area contributed by atoms with Crippen molar-refractivity contribution in [2.24, 2.45) is 11.7 Å². The Morgan fingerprint density at radius 2 is 1.88 bits per heavy atom. The van der Waals surface area contributed by atoms with Crippen molar-refractivity contribution in [3.05, 3.63) is 29.8 Å². The van der Waals surface area contributed by atoms with Crippen LogP contribution in [-0.2, 0) is 0 Å². The van der Waals surface area contributed by atoms with E-state index in [0.29, 0.717) is 5.56 Å². The summed E-state index contributed by atoms with van der Waals surface area (Å²) >= 11 is 0. The molecule has 0 aliphatic carbocycles. The van der Waals surface area contributed by atoms with Gasteiger partial charge in [-0.15, -0.1) is 0 Å². The first-order valence-corrected chi connectivity index (χ1v) is 5.98. The normalized spacial score (nSPS) is 14.5. The van der Waals surface area contributed by atoms with E-state index in [1.165, 1.54) is 0 Å². The van der Waals surface area contributed by atoms with Crippen LogP contribution in [0.4, 0.5) is 0 Å². The van der Waals surface area contributed by atoms with Crippen molar-refractivity contribution in [3.63, 3.8) is 0 Å². The smallest absolute Gasteiger partial charge is 0.167 e. The van der Waals surface area contributed by atoms with Crippen molar-refractivity contribution in [2.45, 2.75) is 39.8 Å². The molecule has 94 valence electrons. The Hall–Kier alpha value is -1.35. The molecule has 0 fully saturated rings. The Morgan fingerprint density at radius 1 is 1.24 bits per heavy atom. The summed E-state index contributed by atoms with van der Waals surface area (Å²) in [5.41, 5.74) is 6.40. The fourth-order valence-corrected chi connectivity index (χ4v) is 1.50. The summed E-state index contributed by atoms with van der Waals surface area (Å²) in [5.74, 6) is 0.612. The lowest BCUT2D eigenvalue weighted by Gasteiger charge is -2.15. The number of ether oxygens (including phenoxy) is 1. The number of hydrogen-bond acceptors (Lipinski definition) is 3. The number of nitrogens with two attached hydrogens (primary N) is 1. The predicted molar refractivity (Wildman–Crippen MR) is 69.3 cm³/mol. The molecule has 0 aliphatic heterocycles. The number of benzene rings is 1. The molecule has 0 heterocycles. The van der Waals surface area contributed by atoms with Gasteiger partial charge in [-0.1, -0.05) is 19.1 Å². The zero-order valence-electron chi connectivity index (χ0n) is 10.9. The summed E-state index contributed by atoms with van der Waals surface area (Å²) in [7, 11) is 0. The molecule has 0 spiro atoms. The average Bonchev–Trinajstić information content (AvgIpc) is 2.26. The van der Waals surface area contributed by atoms with Crippen molar-refractivity contribution in [2.75, 3.05) is 0 Å². The van der Waals surface area contributed by atoms with Gasteiger partial charge in [0.2, 0.25) is 0 Å². The molecule has 0 saturated carbocycles. The maximum absolute atomic E-state index is 12.1. The van der Waals surface area contributed by atoms with Crippen LogP contribution in [-0.4, -0.2) is 17.9 Å². The van der Waals surface area contributed by atoms with E-state index >= 15 is 0 Å². The van der Waals surface area contributed by atoms with Gasteiger partial charge in [0.05, 0.1) is 6.10 Å². The van der Waals surface area contributed by atoms with Crippen LogP contribution >= 0.6 is 0 Å². The van der Waals surface area contributed by atoms with Gasteiger partial charge < -0.3 is 10.5 Å². The SMILES string of the molecule is CC(C)Oc1cccc(C(=O)C(C)C(C)N)c1. The van der Waals surface area contributed by atoms with E-state index in [1.54, 1.807) is 12.1 Å². The van der Waals surface area contributed by atoms with Crippen molar-refractivity contribution >= 4 is 5.78 Å². The molecule has 0 aliphatic rings. The van der Waals surface area contributed by atoms with Crippen molar-refractivity contribution in [1.29, 1.82) is 0 Å². The fourth-order valence-electron chi connectivity index (χ4n) is 1.50. The average molecular weight is 235 g/mol. The minimum Gasteiger partial charge on any atom is -0.491 e. The van der Waals surface area contributed by atoms with Gasteiger partial charge in [0, 0.05) is 17.5 Å². The minimum atomic E-state index is -0.177. The van der Waals surface area contributed by atoms with Crippen molar-refractivity contribution < 1.29 is 9.53 Å². The highest BCUT2D eigenvalue weighted by atomic mass is 16.5. The second-order valence-corrected chi connectivity index (χ2v) is 4.71. The van der Waals surface area contributed by atoms with Crippen LogP contribution in [0.3, 0.4) is 0 Å². The first-order chi connectivity index (χ1) is 7.91. The fraction of sp³-hybridized carbons (Fsp3) is 0.500. The Labute approximate surface area is 103 Å². The minimum absolute atomic E-state index is 0.0641. The van der Waals surface area contributed by atoms with Gasteiger partial charge in [0.25, 0.3) is 0 Å². The van der Waals surface area contributed by atoms with E-state index in [4.69, 9.17) is 10.5 Å². The third-order valence-electron chi connectivity index (χ3n) is 2.69. The number of Topliss-reactive ketones (excluding diaryl/α,β-unsaturated/α-hetero) is 1. The van der Waals surface area contributed by atoms with Gasteiger partial charge in [-0.2, -0.15) is 0 Å². The molecule has 17 heavy (non-hydrogen) atoms. The topological polar surface area (TPSA) is 52.3 Å². The van der Waals surface area contributed by atoms with Crippen LogP contribution in [0, 0.1) is 5.92 Å². The van der Waals surface area contributed by atoms with E-state index in [-0.39, 0.29) is 23.8 Å². The summed E-state index contributed by atoms with van der Waals surface area (Å²) in [5, 5.41) is 0. The molecule has 0 radical (unpaired) electrons. The highest BCUT2D eigenvalue weighted by Crippen LogP contribution is 2.18. The van der Waals surface area contributed by atoms with Crippen LogP contribution in [0.15, 0.2) is 24.3 Å². The van der Waals surface area contributed by atoms with E-state index in [0.717, 1.165) is 5.75 Å². The molecule has 3 heteroatoms. The highest BCUT2D eigenvalue weighted by molar-refractivity contribution is 5.98. The number of ketones is 1. The second kappa shape index (κ2) is 5.82. The maximum Gasteiger partial charge on any atom is 0.167 e. The van der Waals surface area contributed by atoms with E-state index < -0.39 is 0 Å². The molecule has 0 amide bonds. The number of rotatable bonds is 5. The molecule has 0 aromatic heterocycles. The van der Waals surface area contributed by atoms with Crippen LogP contribution in [0.5, 0.6) is 5.75 Å². The van der Waals surface area contributed by atoms with E-state index in [2.05, 4.69) is 0 Å². The molecule has 0 saturated heterocycles. The van der Waals surface area contributed by atoms with Gasteiger partial charge in [0.1, 0.15) is 5.75 Å². The molecule has 3 nitrogen and oxygen atoms in total.